The standard InChI is InChI=1S/C32H25N3O2S/c36-31-26(19-23-14-7-8-17-28(23)37-31)27-20-38-32(33-27)35-30(22-12-5-2-6-13-22)25-16-9-15-24(29(25)34-35)18-21-10-3-1-4-11-21/h1-8,10-14,17-20,25,30H,9,15-16H2/b24-18-/t25-,30-/m0/s1. The van der Waals surface area contributed by atoms with E-state index in [1.807, 2.05) is 41.8 Å². The van der Waals surface area contributed by atoms with Gasteiger partial charge in [-0.2, -0.15) is 5.10 Å². The average Bonchev–Trinajstić information content (AvgIpc) is 3.60. The van der Waals surface area contributed by atoms with E-state index >= 15 is 0 Å². The van der Waals surface area contributed by atoms with Gasteiger partial charge in [0.05, 0.1) is 23.0 Å². The van der Waals surface area contributed by atoms with E-state index < -0.39 is 0 Å². The number of nitrogens with zero attached hydrogens (tertiary/aromatic N) is 3. The van der Waals surface area contributed by atoms with Gasteiger partial charge in [-0.1, -0.05) is 78.9 Å². The second-order valence-electron chi connectivity index (χ2n) is 9.76. The number of benzene rings is 3. The third kappa shape index (κ3) is 4.07. The fourth-order valence-corrected chi connectivity index (χ4v) is 6.44. The van der Waals surface area contributed by atoms with Crippen LogP contribution in [0.1, 0.15) is 36.4 Å². The largest absolute Gasteiger partial charge is 0.422 e. The van der Waals surface area contributed by atoms with Crippen molar-refractivity contribution in [1.29, 1.82) is 0 Å². The van der Waals surface area contributed by atoms with Gasteiger partial charge >= 0.3 is 5.63 Å². The number of para-hydroxylation sites is 1. The number of hydrogen-bond donors (Lipinski definition) is 0. The minimum absolute atomic E-state index is 0.0534. The van der Waals surface area contributed by atoms with Crippen molar-refractivity contribution in [3.63, 3.8) is 0 Å². The Labute approximate surface area is 224 Å². The van der Waals surface area contributed by atoms with Gasteiger partial charge in [-0.25, -0.2) is 14.8 Å². The summed E-state index contributed by atoms with van der Waals surface area (Å²) in [5.74, 6) is 0.277. The van der Waals surface area contributed by atoms with Crippen molar-refractivity contribution in [2.45, 2.75) is 25.3 Å². The number of hydrazone groups is 1. The third-order valence-corrected chi connectivity index (χ3v) is 8.22. The fraction of sp³-hybridized carbons (Fsp3) is 0.156. The second-order valence-corrected chi connectivity index (χ2v) is 10.6. The molecule has 186 valence electrons. The van der Waals surface area contributed by atoms with E-state index in [0.717, 1.165) is 35.5 Å². The van der Waals surface area contributed by atoms with Crippen LogP contribution in [-0.2, 0) is 0 Å². The summed E-state index contributed by atoms with van der Waals surface area (Å²) in [6.45, 7) is 0. The molecule has 1 fully saturated rings. The van der Waals surface area contributed by atoms with Crippen molar-refractivity contribution in [3.05, 3.63) is 123 Å². The maximum atomic E-state index is 12.8. The summed E-state index contributed by atoms with van der Waals surface area (Å²) in [5, 5.41) is 10.9. The molecule has 3 aromatic carbocycles. The van der Waals surface area contributed by atoms with Gasteiger partial charge in [-0.3, -0.25) is 0 Å². The van der Waals surface area contributed by atoms with Gasteiger partial charge in [0.25, 0.3) is 0 Å². The van der Waals surface area contributed by atoms with Crippen molar-refractivity contribution in [1.82, 2.24) is 4.98 Å². The van der Waals surface area contributed by atoms with Crippen molar-refractivity contribution in [2.75, 3.05) is 5.01 Å². The Morgan fingerprint density at radius 3 is 2.55 bits per heavy atom. The molecule has 5 aromatic rings. The average molecular weight is 516 g/mol. The molecule has 2 aromatic heterocycles. The lowest BCUT2D eigenvalue weighted by molar-refractivity contribution is 0.487. The molecule has 2 aliphatic rings. The molecule has 0 bridgehead atoms. The predicted octanol–water partition coefficient (Wildman–Crippen LogP) is 7.72. The molecule has 1 aliphatic carbocycles. The lowest BCUT2D eigenvalue weighted by Crippen LogP contribution is -2.28. The number of aromatic nitrogens is 1. The second kappa shape index (κ2) is 9.54. The first-order valence-electron chi connectivity index (χ1n) is 12.9. The van der Waals surface area contributed by atoms with Crippen LogP contribution in [0.25, 0.3) is 28.3 Å². The van der Waals surface area contributed by atoms with Crippen LogP contribution in [0.4, 0.5) is 5.13 Å². The molecular weight excluding hydrogens is 490 g/mol. The summed E-state index contributed by atoms with van der Waals surface area (Å²) in [5.41, 5.74) is 6.14. The molecule has 6 heteroatoms. The Kier molecular flexibility index (Phi) is 5.74. The van der Waals surface area contributed by atoms with Crippen molar-refractivity contribution in [3.8, 4) is 11.3 Å². The molecule has 0 unspecified atom stereocenters. The molecule has 0 saturated heterocycles. The van der Waals surface area contributed by atoms with E-state index in [1.54, 1.807) is 6.07 Å². The summed E-state index contributed by atoms with van der Waals surface area (Å²) in [4.78, 5) is 17.8. The van der Waals surface area contributed by atoms with E-state index in [2.05, 4.69) is 59.6 Å². The Morgan fingerprint density at radius 1 is 0.947 bits per heavy atom. The van der Waals surface area contributed by atoms with Crippen molar-refractivity contribution in [2.24, 2.45) is 11.0 Å². The first kappa shape index (κ1) is 22.9. The summed E-state index contributed by atoms with van der Waals surface area (Å²) in [7, 11) is 0. The normalized spacial score (nSPS) is 20.1. The van der Waals surface area contributed by atoms with Crippen molar-refractivity contribution < 1.29 is 4.42 Å². The Balaban J connectivity index is 1.32. The Bertz CT molecular complexity index is 1740. The van der Waals surface area contributed by atoms with Gasteiger partial charge in [0, 0.05) is 16.7 Å². The lowest BCUT2D eigenvalue weighted by Gasteiger charge is -2.29. The van der Waals surface area contributed by atoms with Crippen LogP contribution in [0.3, 0.4) is 0 Å². The molecule has 38 heavy (non-hydrogen) atoms. The minimum Gasteiger partial charge on any atom is -0.422 e. The highest BCUT2D eigenvalue weighted by atomic mass is 32.1. The van der Waals surface area contributed by atoms with Gasteiger partial charge < -0.3 is 4.42 Å². The van der Waals surface area contributed by atoms with Crippen LogP contribution in [0.2, 0.25) is 0 Å². The molecule has 5 nitrogen and oxygen atoms in total. The quantitative estimate of drug-likeness (QED) is 0.230. The zero-order valence-electron chi connectivity index (χ0n) is 20.7. The molecule has 0 N–H and O–H groups in total. The van der Waals surface area contributed by atoms with Crippen LogP contribution in [-0.4, -0.2) is 10.7 Å². The number of thiazole rings is 1. The number of allylic oxidation sites excluding steroid dienone is 1. The number of hydrogen-bond acceptors (Lipinski definition) is 6. The van der Waals surface area contributed by atoms with E-state index in [-0.39, 0.29) is 17.6 Å². The van der Waals surface area contributed by atoms with Crippen LogP contribution >= 0.6 is 11.3 Å². The smallest absolute Gasteiger partial charge is 0.345 e. The maximum absolute atomic E-state index is 12.8. The zero-order valence-corrected chi connectivity index (χ0v) is 21.5. The van der Waals surface area contributed by atoms with Gasteiger partial charge in [0.2, 0.25) is 5.13 Å². The van der Waals surface area contributed by atoms with E-state index in [1.165, 1.54) is 28.0 Å². The summed E-state index contributed by atoms with van der Waals surface area (Å²) in [6, 6.07) is 30.5. The molecular formula is C32H25N3O2S. The molecule has 2 atom stereocenters. The molecule has 1 aliphatic heterocycles. The van der Waals surface area contributed by atoms with Gasteiger partial charge in [-0.15, -0.1) is 11.3 Å². The minimum atomic E-state index is -0.380. The number of anilines is 1. The Morgan fingerprint density at radius 2 is 1.71 bits per heavy atom. The topological polar surface area (TPSA) is 58.7 Å². The third-order valence-electron chi connectivity index (χ3n) is 7.39. The van der Waals surface area contributed by atoms with E-state index in [9.17, 15) is 4.79 Å². The monoisotopic (exact) mass is 515 g/mol. The summed E-state index contributed by atoms with van der Waals surface area (Å²) < 4.78 is 5.58. The maximum Gasteiger partial charge on any atom is 0.345 e. The van der Waals surface area contributed by atoms with E-state index in [4.69, 9.17) is 14.5 Å². The molecule has 7 rings (SSSR count). The highest BCUT2D eigenvalue weighted by molar-refractivity contribution is 7.14. The van der Waals surface area contributed by atoms with Gasteiger partial charge in [0.15, 0.2) is 0 Å². The van der Waals surface area contributed by atoms with E-state index in [0.29, 0.717) is 16.8 Å². The molecule has 0 radical (unpaired) electrons. The number of rotatable bonds is 4. The highest BCUT2D eigenvalue weighted by Crippen LogP contribution is 2.47. The van der Waals surface area contributed by atoms with Crippen molar-refractivity contribution >= 4 is 39.2 Å². The Hall–Kier alpha value is -4.29. The first-order chi connectivity index (χ1) is 18.7. The fourth-order valence-electron chi connectivity index (χ4n) is 5.63. The van der Waals surface area contributed by atoms with Crippen LogP contribution < -0.4 is 10.6 Å². The van der Waals surface area contributed by atoms with Crippen LogP contribution in [0.15, 0.2) is 116 Å². The molecule has 3 heterocycles. The predicted molar refractivity (Wildman–Crippen MR) is 154 cm³/mol. The summed E-state index contributed by atoms with van der Waals surface area (Å²) in [6.07, 6.45) is 5.50. The zero-order chi connectivity index (χ0) is 25.5. The molecule has 0 amide bonds. The summed E-state index contributed by atoms with van der Waals surface area (Å²) >= 11 is 1.51. The lowest BCUT2D eigenvalue weighted by atomic mass is 9.77. The van der Waals surface area contributed by atoms with Gasteiger partial charge in [-0.05, 0) is 54.2 Å². The number of fused-ring (bicyclic) bond motifs is 2. The SMILES string of the molecule is O=c1oc2ccccc2cc1-c1csc(N2N=C3/C(=C\c4ccccc4)CCC[C@@H]3[C@@H]2c2ccccc2)n1. The molecule has 0 spiro atoms. The molecule has 1 saturated carbocycles. The highest BCUT2D eigenvalue weighted by Gasteiger charge is 2.42. The van der Waals surface area contributed by atoms with Crippen LogP contribution in [0, 0.1) is 5.92 Å². The first-order valence-corrected chi connectivity index (χ1v) is 13.8. The van der Waals surface area contributed by atoms with Crippen LogP contribution in [0.5, 0.6) is 0 Å². The van der Waals surface area contributed by atoms with Gasteiger partial charge in [0.1, 0.15) is 5.58 Å².